The van der Waals surface area contributed by atoms with E-state index in [1.165, 1.54) is 37.1 Å². The average Bonchev–Trinajstić information content (AvgIpc) is 2.87. The van der Waals surface area contributed by atoms with Crippen LogP contribution >= 0.6 is 0 Å². The molecular formula is C21H24N2O5. The van der Waals surface area contributed by atoms with Gasteiger partial charge in [0.15, 0.2) is 6.61 Å². The van der Waals surface area contributed by atoms with Crippen LogP contribution < -0.4 is 5.32 Å². The van der Waals surface area contributed by atoms with E-state index in [9.17, 15) is 19.2 Å². The molecule has 1 heterocycles. The number of benzene rings is 1. The highest BCUT2D eigenvalue weighted by atomic mass is 16.5. The van der Waals surface area contributed by atoms with Gasteiger partial charge >= 0.3 is 5.97 Å². The molecule has 1 aliphatic heterocycles. The second kappa shape index (κ2) is 8.82. The van der Waals surface area contributed by atoms with E-state index in [0.29, 0.717) is 0 Å². The number of nitrogens with zero attached hydrogens (tertiary/aromatic N) is 1. The summed E-state index contributed by atoms with van der Waals surface area (Å²) < 4.78 is 5.08. The van der Waals surface area contributed by atoms with Crippen molar-refractivity contribution < 1.29 is 23.9 Å². The number of hydrogen-bond acceptors (Lipinski definition) is 5. The summed E-state index contributed by atoms with van der Waals surface area (Å²) in [7, 11) is 0. The summed E-state index contributed by atoms with van der Waals surface area (Å²) in [6, 6.07) is 4.33. The van der Waals surface area contributed by atoms with E-state index in [-0.39, 0.29) is 41.8 Å². The number of nitrogens with one attached hydrogen (secondary N) is 1. The first-order valence-electron chi connectivity index (χ1n) is 9.59. The quantitative estimate of drug-likeness (QED) is 0.352. The molecular weight excluding hydrogens is 360 g/mol. The maximum atomic E-state index is 12.3. The van der Waals surface area contributed by atoms with E-state index in [1.54, 1.807) is 0 Å². The first-order chi connectivity index (χ1) is 13.5. The normalized spacial score (nSPS) is 17.1. The molecule has 0 unspecified atom stereocenters. The van der Waals surface area contributed by atoms with E-state index in [1.807, 2.05) is 0 Å². The van der Waals surface area contributed by atoms with Crippen molar-refractivity contribution >= 4 is 23.7 Å². The Morgan fingerprint density at radius 1 is 1.11 bits per heavy atom. The fourth-order valence-corrected chi connectivity index (χ4v) is 3.62. The van der Waals surface area contributed by atoms with Crippen molar-refractivity contribution in [2.24, 2.45) is 0 Å². The van der Waals surface area contributed by atoms with Crippen molar-refractivity contribution in [1.29, 1.82) is 0 Å². The van der Waals surface area contributed by atoms with Gasteiger partial charge in [0, 0.05) is 12.6 Å². The molecule has 1 N–H and O–H groups in total. The Morgan fingerprint density at radius 2 is 1.79 bits per heavy atom. The lowest BCUT2D eigenvalue weighted by Gasteiger charge is -2.16. The summed E-state index contributed by atoms with van der Waals surface area (Å²) >= 11 is 0. The highest BCUT2D eigenvalue weighted by molar-refractivity contribution is 6.22. The van der Waals surface area contributed by atoms with Gasteiger partial charge in [0.05, 0.1) is 16.7 Å². The molecule has 28 heavy (non-hydrogen) atoms. The number of hydrogen-bond donors (Lipinski definition) is 1. The number of ether oxygens (including phenoxy) is 1. The highest BCUT2D eigenvalue weighted by Crippen LogP contribution is 2.24. The third kappa shape index (κ3) is 4.30. The molecule has 148 valence electrons. The summed E-state index contributed by atoms with van der Waals surface area (Å²) in [5.74, 6) is -1.92. The van der Waals surface area contributed by atoms with Crippen LogP contribution in [0.3, 0.4) is 0 Å². The SMILES string of the molecule is C=CCN1C(=O)c2ccc(C(=O)OCC(=O)NC3CCCCCC3)cc2C1=O. The van der Waals surface area contributed by atoms with E-state index >= 15 is 0 Å². The molecule has 0 spiro atoms. The molecule has 0 saturated heterocycles. The highest BCUT2D eigenvalue weighted by Gasteiger charge is 2.35. The molecule has 7 heteroatoms. The molecule has 1 aromatic carbocycles. The van der Waals surface area contributed by atoms with Gasteiger partial charge in [-0.05, 0) is 31.0 Å². The molecule has 1 aliphatic carbocycles. The molecule has 3 rings (SSSR count). The first-order valence-corrected chi connectivity index (χ1v) is 9.59. The predicted octanol–water partition coefficient (Wildman–Crippen LogP) is 2.46. The lowest BCUT2D eigenvalue weighted by molar-refractivity contribution is -0.125. The summed E-state index contributed by atoms with van der Waals surface area (Å²) in [5, 5.41) is 2.91. The second-order valence-corrected chi connectivity index (χ2v) is 7.10. The van der Waals surface area contributed by atoms with Gasteiger partial charge in [-0.15, -0.1) is 6.58 Å². The van der Waals surface area contributed by atoms with Gasteiger partial charge in [-0.3, -0.25) is 19.3 Å². The van der Waals surface area contributed by atoms with Crippen LogP contribution in [0.4, 0.5) is 0 Å². The van der Waals surface area contributed by atoms with Crippen LogP contribution in [0.25, 0.3) is 0 Å². The zero-order chi connectivity index (χ0) is 20.1. The fraction of sp³-hybridized carbons (Fsp3) is 0.429. The van der Waals surface area contributed by atoms with Crippen molar-refractivity contribution in [3.05, 3.63) is 47.5 Å². The Kier molecular flexibility index (Phi) is 6.23. The number of carbonyl (C=O) groups excluding carboxylic acids is 4. The lowest BCUT2D eigenvalue weighted by Crippen LogP contribution is -2.37. The van der Waals surface area contributed by atoms with E-state index in [2.05, 4.69) is 11.9 Å². The number of amides is 3. The van der Waals surface area contributed by atoms with Crippen molar-refractivity contribution in [3.63, 3.8) is 0 Å². The smallest absolute Gasteiger partial charge is 0.338 e. The van der Waals surface area contributed by atoms with Crippen LogP contribution in [0.2, 0.25) is 0 Å². The average molecular weight is 384 g/mol. The zero-order valence-corrected chi connectivity index (χ0v) is 15.7. The Balaban J connectivity index is 1.58. The molecule has 7 nitrogen and oxygen atoms in total. The van der Waals surface area contributed by atoms with E-state index < -0.39 is 17.8 Å². The largest absolute Gasteiger partial charge is 0.452 e. The van der Waals surface area contributed by atoms with Gasteiger partial charge in [0.1, 0.15) is 0 Å². The number of rotatable bonds is 6. The number of imide groups is 1. The minimum absolute atomic E-state index is 0.105. The molecule has 1 saturated carbocycles. The van der Waals surface area contributed by atoms with Crippen LogP contribution in [0.15, 0.2) is 30.9 Å². The van der Waals surface area contributed by atoms with Crippen LogP contribution in [0.1, 0.15) is 69.6 Å². The monoisotopic (exact) mass is 384 g/mol. The minimum atomic E-state index is -0.707. The van der Waals surface area contributed by atoms with Crippen LogP contribution in [-0.4, -0.2) is 47.8 Å². The van der Waals surface area contributed by atoms with Crippen molar-refractivity contribution in [2.75, 3.05) is 13.2 Å². The van der Waals surface area contributed by atoms with Crippen molar-refractivity contribution in [2.45, 2.75) is 44.6 Å². The summed E-state index contributed by atoms with van der Waals surface area (Å²) in [4.78, 5) is 49.9. The topological polar surface area (TPSA) is 92.8 Å². The Labute approximate surface area is 163 Å². The zero-order valence-electron chi connectivity index (χ0n) is 15.7. The van der Waals surface area contributed by atoms with E-state index in [4.69, 9.17) is 4.74 Å². The van der Waals surface area contributed by atoms with E-state index in [0.717, 1.165) is 30.6 Å². The second-order valence-electron chi connectivity index (χ2n) is 7.10. The van der Waals surface area contributed by atoms with Gasteiger partial charge in [-0.1, -0.05) is 31.8 Å². The molecule has 1 aromatic rings. The van der Waals surface area contributed by atoms with Gasteiger partial charge < -0.3 is 10.1 Å². The fourth-order valence-electron chi connectivity index (χ4n) is 3.62. The summed E-state index contributed by atoms with van der Waals surface area (Å²) in [6.45, 7) is 3.26. The lowest BCUT2D eigenvalue weighted by atomic mass is 10.1. The first kappa shape index (κ1) is 19.8. The molecule has 0 bridgehead atoms. The van der Waals surface area contributed by atoms with Gasteiger partial charge in [-0.2, -0.15) is 0 Å². The Hall–Kier alpha value is -2.96. The van der Waals surface area contributed by atoms with Gasteiger partial charge in [-0.25, -0.2) is 4.79 Å². The standard InChI is InChI=1S/C21H24N2O5/c1-2-11-23-19(25)16-10-9-14(12-17(16)20(23)26)21(27)28-13-18(24)22-15-7-5-3-4-6-8-15/h2,9-10,12,15H,1,3-8,11,13H2,(H,22,24). The summed E-state index contributed by atoms with van der Waals surface area (Å²) in [5.41, 5.74) is 0.529. The third-order valence-corrected chi connectivity index (χ3v) is 5.07. The molecule has 2 aliphatic rings. The maximum Gasteiger partial charge on any atom is 0.338 e. The number of esters is 1. The van der Waals surface area contributed by atoms with Gasteiger partial charge in [0.2, 0.25) is 0 Å². The minimum Gasteiger partial charge on any atom is -0.452 e. The molecule has 1 fully saturated rings. The van der Waals surface area contributed by atoms with Crippen molar-refractivity contribution in [3.8, 4) is 0 Å². The van der Waals surface area contributed by atoms with Crippen LogP contribution in [0.5, 0.6) is 0 Å². The number of fused-ring (bicyclic) bond motifs is 1. The molecule has 0 atom stereocenters. The van der Waals surface area contributed by atoms with Crippen LogP contribution in [-0.2, 0) is 9.53 Å². The summed E-state index contributed by atoms with van der Waals surface area (Å²) in [6.07, 6.45) is 7.91. The van der Waals surface area contributed by atoms with Crippen molar-refractivity contribution in [1.82, 2.24) is 10.2 Å². The molecule has 3 amide bonds. The maximum absolute atomic E-state index is 12.3. The number of carbonyl (C=O) groups is 4. The molecule has 0 radical (unpaired) electrons. The Morgan fingerprint density at radius 3 is 2.46 bits per heavy atom. The Bertz CT molecular complexity index is 809. The van der Waals surface area contributed by atoms with Crippen LogP contribution in [0, 0.1) is 0 Å². The predicted molar refractivity (Wildman–Crippen MR) is 102 cm³/mol. The molecule has 0 aromatic heterocycles. The third-order valence-electron chi connectivity index (χ3n) is 5.07. The van der Waals surface area contributed by atoms with Gasteiger partial charge in [0.25, 0.3) is 17.7 Å².